The van der Waals surface area contributed by atoms with Crippen LogP contribution < -0.4 is 9.80 Å². The lowest BCUT2D eigenvalue weighted by molar-refractivity contribution is -0.119. The lowest BCUT2D eigenvalue weighted by Gasteiger charge is -2.29. The first kappa shape index (κ1) is 20.4. The Kier molecular flexibility index (Phi) is 5.04. The fraction of sp³-hybridized carbons (Fsp3) is 0.360. The predicted octanol–water partition coefficient (Wildman–Crippen LogP) is 4.09. The largest absolute Gasteiger partial charge is 0.373 e. The maximum absolute atomic E-state index is 13.5. The van der Waals surface area contributed by atoms with E-state index >= 15 is 0 Å². The molecule has 0 saturated heterocycles. The van der Waals surface area contributed by atoms with Gasteiger partial charge in [-0.3, -0.25) is 4.79 Å². The normalized spacial score (nSPS) is 16.4. The van der Waals surface area contributed by atoms with E-state index in [0.717, 1.165) is 52.3 Å². The Balaban J connectivity index is 1.46. The van der Waals surface area contributed by atoms with E-state index in [1.807, 2.05) is 47.5 Å². The number of nitrogens with zero attached hydrogens (tertiary/aromatic N) is 6. The van der Waals surface area contributed by atoms with Crippen molar-refractivity contribution in [2.75, 3.05) is 23.4 Å². The van der Waals surface area contributed by atoms with Crippen LogP contribution in [0.25, 0.3) is 16.7 Å². The molecule has 0 saturated carbocycles. The SMILES string of the molecule is Cc1nc2c3cccnc3nn2c(C)c1CCC(=O)N1c2ccccc2N(C)CCC1C. The van der Waals surface area contributed by atoms with Gasteiger partial charge >= 0.3 is 0 Å². The molecule has 1 unspecified atom stereocenters. The van der Waals surface area contributed by atoms with Gasteiger partial charge in [-0.25, -0.2) is 14.5 Å². The minimum absolute atomic E-state index is 0.145. The van der Waals surface area contributed by atoms with Crippen LogP contribution in [0.4, 0.5) is 11.4 Å². The molecule has 0 fully saturated rings. The molecule has 1 aliphatic rings. The summed E-state index contributed by atoms with van der Waals surface area (Å²) in [4.78, 5) is 26.9. The molecule has 1 aromatic carbocycles. The van der Waals surface area contributed by atoms with E-state index in [9.17, 15) is 4.79 Å². The van der Waals surface area contributed by atoms with Gasteiger partial charge in [-0.05, 0) is 63.4 Å². The maximum Gasteiger partial charge on any atom is 0.227 e. The zero-order chi connectivity index (χ0) is 22.4. The third-order valence-corrected chi connectivity index (χ3v) is 6.62. The molecule has 3 aromatic heterocycles. The number of amides is 1. The molecule has 32 heavy (non-hydrogen) atoms. The number of anilines is 2. The fourth-order valence-corrected chi connectivity index (χ4v) is 4.82. The molecule has 0 aliphatic carbocycles. The first-order chi connectivity index (χ1) is 15.5. The van der Waals surface area contributed by atoms with Crippen LogP contribution in [0.2, 0.25) is 0 Å². The summed E-state index contributed by atoms with van der Waals surface area (Å²) in [6, 6.07) is 12.2. The van der Waals surface area contributed by atoms with E-state index < -0.39 is 0 Å². The van der Waals surface area contributed by atoms with Crippen molar-refractivity contribution in [3.63, 3.8) is 0 Å². The number of benzene rings is 1. The molecular weight excluding hydrogens is 400 g/mol. The highest BCUT2D eigenvalue weighted by atomic mass is 16.2. The highest BCUT2D eigenvalue weighted by Crippen LogP contribution is 2.34. The Bertz CT molecular complexity index is 1330. The summed E-state index contributed by atoms with van der Waals surface area (Å²) in [5, 5.41) is 5.58. The van der Waals surface area contributed by atoms with Crippen molar-refractivity contribution in [1.82, 2.24) is 19.6 Å². The van der Waals surface area contributed by atoms with Crippen LogP contribution in [-0.4, -0.2) is 45.1 Å². The number of pyridine rings is 1. The number of fused-ring (bicyclic) bond motifs is 4. The summed E-state index contributed by atoms with van der Waals surface area (Å²) < 4.78 is 1.86. The van der Waals surface area contributed by atoms with Crippen LogP contribution in [0.1, 0.15) is 36.7 Å². The molecule has 1 atom stereocenters. The molecule has 7 nitrogen and oxygen atoms in total. The summed E-state index contributed by atoms with van der Waals surface area (Å²) in [6.07, 6.45) is 3.74. The van der Waals surface area contributed by atoms with E-state index in [1.54, 1.807) is 6.20 Å². The van der Waals surface area contributed by atoms with Gasteiger partial charge in [0.15, 0.2) is 11.3 Å². The van der Waals surface area contributed by atoms with Crippen molar-refractivity contribution < 1.29 is 4.79 Å². The van der Waals surface area contributed by atoms with Crippen molar-refractivity contribution in [3.8, 4) is 0 Å². The van der Waals surface area contributed by atoms with Crippen LogP contribution in [0.15, 0.2) is 42.6 Å². The fourth-order valence-electron chi connectivity index (χ4n) is 4.82. The minimum atomic E-state index is 0.145. The molecule has 4 aromatic rings. The zero-order valence-electron chi connectivity index (χ0n) is 19.0. The summed E-state index contributed by atoms with van der Waals surface area (Å²) in [5.41, 5.74) is 6.64. The topological polar surface area (TPSA) is 66.6 Å². The third kappa shape index (κ3) is 3.28. The summed E-state index contributed by atoms with van der Waals surface area (Å²) in [7, 11) is 2.09. The number of carbonyl (C=O) groups excluding carboxylic acids is 1. The van der Waals surface area contributed by atoms with E-state index in [4.69, 9.17) is 4.98 Å². The van der Waals surface area contributed by atoms with Gasteiger partial charge in [0.25, 0.3) is 0 Å². The Labute approximate surface area is 187 Å². The molecule has 164 valence electrons. The highest BCUT2D eigenvalue weighted by molar-refractivity contribution is 5.98. The molecule has 4 heterocycles. The van der Waals surface area contributed by atoms with Crippen molar-refractivity contribution in [3.05, 3.63) is 59.5 Å². The van der Waals surface area contributed by atoms with Crippen molar-refractivity contribution >= 4 is 34.0 Å². The molecule has 1 amide bonds. The molecule has 7 heteroatoms. The number of para-hydroxylation sites is 2. The molecule has 0 spiro atoms. The number of carbonyl (C=O) groups is 1. The van der Waals surface area contributed by atoms with Crippen LogP contribution >= 0.6 is 0 Å². The standard InChI is InChI=1S/C25H28N6O/c1-16-13-15-29(4)21-9-5-6-10-22(21)30(16)23(32)12-11-19-17(2)27-25-20-8-7-14-26-24(20)28-31(25)18(19)3/h5-10,14,16H,11-13,15H2,1-4H3. The van der Waals surface area contributed by atoms with Crippen molar-refractivity contribution in [2.45, 2.75) is 46.1 Å². The third-order valence-electron chi connectivity index (χ3n) is 6.62. The lowest BCUT2D eigenvalue weighted by Crippen LogP contribution is -2.38. The van der Waals surface area contributed by atoms with Crippen LogP contribution in [0.5, 0.6) is 0 Å². The minimum Gasteiger partial charge on any atom is -0.373 e. The van der Waals surface area contributed by atoms with Crippen LogP contribution in [0, 0.1) is 13.8 Å². The predicted molar refractivity (Wildman–Crippen MR) is 127 cm³/mol. The van der Waals surface area contributed by atoms with Gasteiger partial charge in [-0.15, -0.1) is 5.10 Å². The second-order valence-electron chi connectivity index (χ2n) is 8.68. The second-order valence-corrected chi connectivity index (χ2v) is 8.68. The van der Waals surface area contributed by atoms with E-state index in [-0.39, 0.29) is 11.9 Å². The van der Waals surface area contributed by atoms with Crippen molar-refractivity contribution in [2.24, 2.45) is 0 Å². The Morgan fingerprint density at radius 1 is 1.12 bits per heavy atom. The zero-order valence-corrected chi connectivity index (χ0v) is 19.0. The van der Waals surface area contributed by atoms with E-state index in [2.05, 4.69) is 41.1 Å². The summed E-state index contributed by atoms with van der Waals surface area (Å²) >= 11 is 0. The maximum atomic E-state index is 13.5. The van der Waals surface area contributed by atoms with Crippen molar-refractivity contribution in [1.29, 1.82) is 0 Å². The first-order valence-corrected chi connectivity index (χ1v) is 11.2. The Morgan fingerprint density at radius 3 is 2.72 bits per heavy atom. The van der Waals surface area contributed by atoms with Gasteiger partial charge in [0, 0.05) is 43.6 Å². The average molecular weight is 429 g/mol. The molecule has 0 N–H and O–H groups in total. The number of hydrogen-bond donors (Lipinski definition) is 0. The number of rotatable bonds is 3. The molecular formula is C25H28N6O. The Hall–Kier alpha value is -3.48. The smallest absolute Gasteiger partial charge is 0.227 e. The molecule has 1 aliphatic heterocycles. The highest BCUT2D eigenvalue weighted by Gasteiger charge is 2.28. The van der Waals surface area contributed by atoms with E-state index in [0.29, 0.717) is 18.5 Å². The number of hydrogen-bond acceptors (Lipinski definition) is 5. The average Bonchev–Trinajstić information content (AvgIpc) is 3.10. The van der Waals surface area contributed by atoms with Crippen LogP contribution in [0.3, 0.4) is 0 Å². The molecule has 0 radical (unpaired) electrons. The van der Waals surface area contributed by atoms with Gasteiger partial charge in [0.1, 0.15) is 0 Å². The Morgan fingerprint density at radius 2 is 1.91 bits per heavy atom. The van der Waals surface area contributed by atoms with Gasteiger partial charge < -0.3 is 9.80 Å². The van der Waals surface area contributed by atoms with Gasteiger partial charge in [-0.2, -0.15) is 0 Å². The number of aryl methyl sites for hydroxylation is 2. The number of aromatic nitrogens is 4. The van der Waals surface area contributed by atoms with Gasteiger partial charge in [0.05, 0.1) is 16.8 Å². The first-order valence-electron chi connectivity index (χ1n) is 11.2. The van der Waals surface area contributed by atoms with E-state index in [1.165, 1.54) is 0 Å². The second kappa shape index (κ2) is 7.89. The molecule has 5 rings (SSSR count). The summed E-state index contributed by atoms with van der Waals surface area (Å²) in [6.45, 7) is 7.13. The monoisotopic (exact) mass is 428 g/mol. The van der Waals surface area contributed by atoms with Gasteiger partial charge in [0.2, 0.25) is 5.91 Å². The quantitative estimate of drug-likeness (QED) is 0.492. The summed E-state index contributed by atoms with van der Waals surface area (Å²) in [5.74, 6) is 0.145. The lowest BCUT2D eigenvalue weighted by atomic mass is 10.0. The van der Waals surface area contributed by atoms with Gasteiger partial charge in [-0.1, -0.05) is 12.1 Å². The van der Waals surface area contributed by atoms with Crippen LogP contribution in [-0.2, 0) is 11.2 Å². The molecule has 0 bridgehead atoms.